The minimum absolute atomic E-state index is 0.183. The highest BCUT2D eigenvalue weighted by atomic mass is 16.5. The first-order valence-electron chi connectivity index (χ1n) is 5.55. The molecule has 0 saturated carbocycles. The Labute approximate surface area is 101 Å². The molecule has 0 aromatic carbocycles. The Morgan fingerprint density at radius 2 is 2.06 bits per heavy atom. The maximum absolute atomic E-state index is 12.0. The maximum Gasteiger partial charge on any atom is 0.335 e. The van der Waals surface area contributed by atoms with Crippen molar-refractivity contribution in [2.24, 2.45) is 5.84 Å². The van der Waals surface area contributed by atoms with E-state index in [0.717, 1.165) is 5.06 Å². The molecule has 0 aromatic rings. The molecule has 1 aliphatic rings. The molecule has 0 atom stereocenters. The lowest BCUT2D eigenvalue weighted by Gasteiger charge is -2.33. The lowest BCUT2D eigenvalue weighted by Crippen LogP contribution is -2.47. The third-order valence-corrected chi connectivity index (χ3v) is 2.89. The van der Waals surface area contributed by atoms with Gasteiger partial charge in [0.25, 0.3) is 0 Å². The quantitative estimate of drug-likeness (QED) is 0.317. The van der Waals surface area contributed by atoms with Gasteiger partial charge in [0, 0.05) is 6.54 Å². The summed E-state index contributed by atoms with van der Waals surface area (Å²) in [4.78, 5) is 11.8. The van der Waals surface area contributed by atoms with E-state index in [9.17, 15) is 10.0 Å². The Morgan fingerprint density at radius 1 is 1.47 bits per heavy atom. The second-order valence-corrected chi connectivity index (χ2v) is 5.16. The molecule has 0 spiro atoms. The topological polar surface area (TPSA) is 87.5 Å². The molecule has 17 heavy (non-hydrogen) atoms. The third-order valence-electron chi connectivity index (χ3n) is 2.89. The van der Waals surface area contributed by atoms with Gasteiger partial charge in [0.15, 0.2) is 0 Å². The normalized spacial score (nSPS) is 22.4. The first-order chi connectivity index (χ1) is 7.73. The van der Waals surface area contributed by atoms with Gasteiger partial charge in [-0.2, -0.15) is 0 Å². The van der Waals surface area contributed by atoms with E-state index >= 15 is 0 Å². The van der Waals surface area contributed by atoms with Crippen molar-refractivity contribution in [1.82, 2.24) is 10.5 Å². The van der Waals surface area contributed by atoms with Gasteiger partial charge < -0.3 is 4.74 Å². The van der Waals surface area contributed by atoms with Gasteiger partial charge in [-0.15, -0.1) is 10.3 Å². The zero-order valence-electron chi connectivity index (χ0n) is 10.7. The second kappa shape index (κ2) is 4.73. The minimum Gasteiger partial charge on any atom is -0.461 e. The van der Waals surface area contributed by atoms with Crippen LogP contribution in [0.4, 0.5) is 0 Å². The van der Waals surface area contributed by atoms with Crippen molar-refractivity contribution >= 4 is 5.97 Å². The number of nitrogens with one attached hydrogen (secondary N) is 1. The molecule has 1 heterocycles. The van der Waals surface area contributed by atoms with Gasteiger partial charge in [-0.25, -0.2) is 4.79 Å². The Balaban J connectivity index is 2.79. The van der Waals surface area contributed by atoms with E-state index in [4.69, 9.17) is 10.6 Å². The Morgan fingerprint density at radius 3 is 2.47 bits per heavy atom. The van der Waals surface area contributed by atoms with Crippen LogP contribution >= 0.6 is 0 Å². The molecule has 0 bridgehead atoms. The van der Waals surface area contributed by atoms with Crippen LogP contribution in [0.2, 0.25) is 0 Å². The SMILES string of the molecule is CC1(C)C=C(C(=O)OCCNN)C(C)(C)N1[O]. The molecule has 0 unspecified atom stereocenters. The number of hydroxylamine groups is 2. The number of hydrazine groups is 1. The van der Waals surface area contributed by atoms with Gasteiger partial charge in [-0.05, 0) is 33.8 Å². The highest BCUT2D eigenvalue weighted by molar-refractivity contribution is 5.92. The lowest BCUT2D eigenvalue weighted by atomic mass is 9.97. The van der Waals surface area contributed by atoms with Gasteiger partial charge in [0.2, 0.25) is 0 Å². The molecule has 3 N–H and O–H groups in total. The van der Waals surface area contributed by atoms with Crippen molar-refractivity contribution in [3.63, 3.8) is 0 Å². The first-order valence-corrected chi connectivity index (χ1v) is 5.55. The predicted molar refractivity (Wildman–Crippen MR) is 61.9 cm³/mol. The van der Waals surface area contributed by atoms with Gasteiger partial charge in [0.05, 0.1) is 16.7 Å². The molecule has 1 rings (SSSR count). The molecule has 1 radical (unpaired) electrons. The summed E-state index contributed by atoms with van der Waals surface area (Å²) in [7, 11) is 0. The number of ether oxygens (including phenoxy) is 1. The average molecular weight is 242 g/mol. The Hall–Kier alpha value is -0.950. The Bertz CT molecular complexity index is 337. The average Bonchev–Trinajstić information content (AvgIpc) is 2.39. The number of nitrogens with two attached hydrogens (primary N) is 1. The van der Waals surface area contributed by atoms with Crippen LogP contribution < -0.4 is 11.3 Å². The van der Waals surface area contributed by atoms with Crippen LogP contribution in [0.3, 0.4) is 0 Å². The minimum atomic E-state index is -0.864. The number of carbonyl (C=O) groups excluding carboxylic acids is 1. The number of hydrogen-bond donors (Lipinski definition) is 2. The molecule has 0 saturated heterocycles. The summed E-state index contributed by atoms with van der Waals surface area (Å²) in [6.07, 6.45) is 1.66. The maximum atomic E-state index is 12.0. The molecule has 6 heteroatoms. The summed E-state index contributed by atoms with van der Waals surface area (Å²) >= 11 is 0. The van der Waals surface area contributed by atoms with Crippen LogP contribution in [0, 0.1) is 0 Å². The monoisotopic (exact) mass is 242 g/mol. The number of rotatable bonds is 4. The number of nitrogens with zero attached hydrogens (tertiary/aromatic N) is 1. The van der Waals surface area contributed by atoms with E-state index in [-0.39, 0.29) is 6.61 Å². The van der Waals surface area contributed by atoms with E-state index in [1.54, 1.807) is 33.8 Å². The van der Waals surface area contributed by atoms with E-state index in [2.05, 4.69) is 5.43 Å². The molecule has 0 aliphatic carbocycles. The van der Waals surface area contributed by atoms with Gasteiger partial charge >= 0.3 is 5.97 Å². The highest BCUT2D eigenvalue weighted by Crippen LogP contribution is 2.38. The third kappa shape index (κ3) is 2.66. The highest BCUT2D eigenvalue weighted by Gasteiger charge is 2.49. The molecular formula is C11H20N3O3. The van der Waals surface area contributed by atoms with E-state index in [1.807, 2.05) is 0 Å². The first kappa shape index (κ1) is 14.1. The molecule has 97 valence electrons. The van der Waals surface area contributed by atoms with Crippen LogP contribution in [-0.2, 0) is 14.7 Å². The van der Waals surface area contributed by atoms with E-state index in [0.29, 0.717) is 12.1 Å². The van der Waals surface area contributed by atoms with Gasteiger partial charge in [-0.3, -0.25) is 11.3 Å². The van der Waals surface area contributed by atoms with Gasteiger partial charge in [-0.1, -0.05) is 0 Å². The summed E-state index contributed by atoms with van der Waals surface area (Å²) < 4.78 is 5.03. The van der Waals surface area contributed by atoms with E-state index in [1.165, 1.54) is 0 Å². The fourth-order valence-corrected chi connectivity index (χ4v) is 2.01. The van der Waals surface area contributed by atoms with Crippen LogP contribution in [0.25, 0.3) is 0 Å². The fourth-order valence-electron chi connectivity index (χ4n) is 2.01. The lowest BCUT2D eigenvalue weighted by molar-refractivity contribution is -0.239. The Kier molecular flexibility index (Phi) is 3.93. The smallest absolute Gasteiger partial charge is 0.335 e. The largest absolute Gasteiger partial charge is 0.461 e. The summed E-state index contributed by atoms with van der Waals surface area (Å²) in [6, 6.07) is 0. The van der Waals surface area contributed by atoms with Crippen molar-refractivity contribution in [3.05, 3.63) is 11.6 Å². The summed E-state index contributed by atoms with van der Waals surface area (Å²) in [6.45, 7) is 7.52. The summed E-state index contributed by atoms with van der Waals surface area (Å²) in [5.41, 5.74) is 1.23. The van der Waals surface area contributed by atoms with Gasteiger partial charge in [0.1, 0.15) is 6.61 Å². The van der Waals surface area contributed by atoms with Crippen LogP contribution in [0.1, 0.15) is 27.7 Å². The number of esters is 1. The van der Waals surface area contributed by atoms with Crippen LogP contribution in [-0.4, -0.2) is 35.3 Å². The fraction of sp³-hybridized carbons (Fsp3) is 0.727. The van der Waals surface area contributed by atoms with Crippen molar-refractivity contribution in [2.45, 2.75) is 38.8 Å². The predicted octanol–water partition coefficient (Wildman–Crippen LogP) is 0.138. The molecule has 0 fully saturated rings. The number of hydrogen-bond acceptors (Lipinski definition) is 5. The molecule has 0 aromatic heterocycles. The van der Waals surface area contributed by atoms with Crippen molar-refractivity contribution in [2.75, 3.05) is 13.2 Å². The van der Waals surface area contributed by atoms with E-state index < -0.39 is 17.0 Å². The van der Waals surface area contributed by atoms with Crippen LogP contribution in [0.5, 0.6) is 0 Å². The molecule has 1 aliphatic heterocycles. The zero-order chi connectivity index (χ0) is 13.3. The second-order valence-electron chi connectivity index (χ2n) is 5.16. The molecule has 6 nitrogen and oxygen atoms in total. The van der Waals surface area contributed by atoms with Crippen molar-refractivity contribution in [1.29, 1.82) is 0 Å². The molecule has 0 amide bonds. The zero-order valence-corrected chi connectivity index (χ0v) is 10.7. The summed E-state index contributed by atoms with van der Waals surface area (Å²) in [5, 5.41) is 12.9. The standard InChI is InChI=1S/C11H20N3O3/c1-10(2)7-8(11(3,4)14(10)16)9(15)17-6-5-13-12/h7,13H,5-6,12H2,1-4H3. The number of carbonyl (C=O) groups is 1. The summed E-state index contributed by atoms with van der Waals surface area (Å²) in [5.74, 6) is 4.61. The van der Waals surface area contributed by atoms with Crippen molar-refractivity contribution < 1.29 is 14.7 Å². The molecular weight excluding hydrogens is 222 g/mol. The van der Waals surface area contributed by atoms with Crippen molar-refractivity contribution in [3.8, 4) is 0 Å². The van der Waals surface area contributed by atoms with Crippen LogP contribution in [0.15, 0.2) is 11.6 Å².